The van der Waals surface area contributed by atoms with Crippen LogP contribution in [0.1, 0.15) is 12.5 Å². The van der Waals surface area contributed by atoms with Crippen molar-refractivity contribution < 1.29 is 4.79 Å². The predicted molar refractivity (Wildman–Crippen MR) is 117 cm³/mol. The molecule has 2 aromatic carbocycles. The zero-order chi connectivity index (χ0) is 20.1. The molecule has 0 unspecified atom stereocenters. The van der Waals surface area contributed by atoms with E-state index in [0.717, 1.165) is 21.3 Å². The number of nitrogens with zero attached hydrogens (tertiary/aromatic N) is 4. The summed E-state index contributed by atoms with van der Waals surface area (Å²) >= 11 is 10.9. The molecule has 1 N–H and O–H groups in total. The third-order valence-corrected chi connectivity index (χ3v) is 5.77. The Morgan fingerprint density at radius 2 is 1.93 bits per heavy atom. The third kappa shape index (κ3) is 5.01. The molecule has 0 aliphatic carbocycles. The number of amides is 1. The molecule has 1 heterocycles. The molecule has 9 heteroatoms. The lowest BCUT2D eigenvalue weighted by Crippen LogP contribution is -2.21. The Balaban J connectivity index is 1.60. The summed E-state index contributed by atoms with van der Waals surface area (Å²) in [6, 6.07) is 15.2. The summed E-state index contributed by atoms with van der Waals surface area (Å²) in [4.78, 5) is 12.1. The van der Waals surface area contributed by atoms with Crippen LogP contribution in [0.4, 0.5) is 0 Å². The van der Waals surface area contributed by atoms with Crippen LogP contribution in [0.2, 0.25) is 5.02 Å². The first kappa shape index (κ1) is 20.6. The molecule has 0 atom stereocenters. The SMILES string of the molecule is CC(=NNC(=O)CSc1nnc(-c2ccccc2Cl)n1C)c1ccc(Br)cc1. The fraction of sp³-hybridized carbons (Fsp3) is 0.158. The van der Waals surface area contributed by atoms with E-state index in [0.29, 0.717) is 16.0 Å². The summed E-state index contributed by atoms with van der Waals surface area (Å²) in [7, 11) is 1.84. The highest BCUT2D eigenvalue weighted by Crippen LogP contribution is 2.28. The van der Waals surface area contributed by atoms with Gasteiger partial charge in [0.1, 0.15) is 0 Å². The van der Waals surface area contributed by atoms with Crippen molar-refractivity contribution >= 4 is 50.9 Å². The first-order chi connectivity index (χ1) is 13.5. The van der Waals surface area contributed by atoms with E-state index in [1.165, 1.54) is 11.8 Å². The number of thioether (sulfide) groups is 1. The maximum Gasteiger partial charge on any atom is 0.250 e. The van der Waals surface area contributed by atoms with Gasteiger partial charge in [-0.1, -0.05) is 63.6 Å². The molecule has 3 rings (SSSR count). The van der Waals surface area contributed by atoms with Crippen LogP contribution in [0.15, 0.2) is 63.3 Å². The molecule has 1 aromatic heterocycles. The van der Waals surface area contributed by atoms with Gasteiger partial charge in [0.25, 0.3) is 5.91 Å². The van der Waals surface area contributed by atoms with Crippen LogP contribution >= 0.6 is 39.3 Å². The Morgan fingerprint density at radius 1 is 1.21 bits per heavy atom. The summed E-state index contributed by atoms with van der Waals surface area (Å²) in [6.07, 6.45) is 0. The van der Waals surface area contributed by atoms with Gasteiger partial charge >= 0.3 is 0 Å². The second-order valence-corrected chi connectivity index (χ2v) is 8.14. The lowest BCUT2D eigenvalue weighted by molar-refractivity contribution is -0.118. The van der Waals surface area contributed by atoms with Crippen LogP contribution in [-0.4, -0.2) is 32.1 Å². The number of rotatable bonds is 6. The van der Waals surface area contributed by atoms with Gasteiger partial charge in [-0.05, 0) is 36.8 Å². The Morgan fingerprint density at radius 3 is 2.64 bits per heavy atom. The molecule has 0 fully saturated rings. The Kier molecular flexibility index (Phi) is 6.88. The van der Waals surface area contributed by atoms with Crippen molar-refractivity contribution in [1.29, 1.82) is 0 Å². The van der Waals surface area contributed by atoms with Crippen molar-refractivity contribution in [3.63, 3.8) is 0 Å². The number of hydrogen-bond acceptors (Lipinski definition) is 5. The topological polar surface area (TPSA) is 72.2 Å². The maximum absolute atomic E-state index is 12.1. The Bertz CT molecular complexity index is 1020. The van der Waals surface area contributed by atoms with Gasteiger partial charge in [0.15, 0.2) is 11.0 Å². The Hall–Kier alpha value is -2.16. The van der Waals surface area contributed by atoms with E-state index in [1.807, 2.05) is 61.0 Å². The molecule has 0 bridgehead atoms. The second-order valence-electron chi connectivity index (χ2n) is 5.87. The number of carbonyl (C=O) groups excluding carboxylic acids is 1. The third-order valence-electron chi connectivity index (χ3n) is 3.89. The summed E-state index contributed by atoms with van der Waals surface area (Å²) < 4.78 is 2.81. The number of halogens is 2. The van der Waals surface area contributed by atoms with Crippen molar-refractivity contribution in [2.24, 2.45) is 12.1 Å². The van der Waals surface area contributed by atoms with Gasteiger partial charge in [-0.2, -0.15) is 5.10 Å². The zero-order valence-corrected chi connectivity index (χ0v) is 18.3. The van der Waals surface area contributed by atoms with Gasteiger partial charge in [-0.25, -0.2) is 5.43 Å². The molecule has 0 spiro atoms. The molecule has 0 radical (unpaired) electrons. The summed E-state index contributed by atoms with van der Waals surface area (Å²) in [6.45, 7) is 1.84. The molecular formula is C19H17BrClN5OS. The fourth-order valence-electron chi connectivity index (χ4n) is 2.38. The van der Waals surface area contributed by atoms with Gasteiger partial charge in [0.2, 0.25) is 0 Å². The summed E-state index contributed by atoms with van der Waals surface area (Å²) in [5, 5.41) is 13.7. The van der Waals surface area contributed by atoms with Gasteiger partial charge in [-0.15, -0.1) is 10.2 Å². The maximum atomic E-state index is 12.1. The van der Waals surface area contributed by atoms with Gasteiger partial charge in [0.05, 0.1) is 16.5 Å². The van der Waals surface area contributed by atoms with Crippen molar-refractivity contribution in [2.45, 2.75) is 12.1 Å². The van der Waals surface area contributed by atoms with Gasteiger partial charge in [0, 0.05) is 17.1 Å². The fourth-order valence-corrected chi connectivity index (χ4v) is 3.57. The van der Waals surface area contributed by atoms with Gasteiger partial charge in [-0.3, -0.25) is 4.79 Å². The van der Waals surface area contributed by atoms with Crippen LogP contribution < -0.4 is 5.43 Å². The standard InChI is InChI=1S/C19H17BrClN5OS/c1-12(13-7-9-14(20)10-8-13)22-23-17(27)11-28-19-25-24-18(26(19)2)15-5-3-4-6-16(15)21/h3-10H,11H2,1-2H3,(H,23,27). The van der Waals surface area contributed by atoms with Crippen LogP contribution in [-0.2, 0) is 11.8 Å². The van der Waals surface area contributed by atoms with E-state index >= 15 is 0 Å². The van der Waals surface area contributed by atoms with Crippen LogP contribution in [0.25, 0.3) is 11.4 Å². The average Bonchev–Trinajstić information content (AvgIpc) is 3.05. The van der Waals surface area contributed by atoms with Crippen molar-refractivity contribution in [3.05, 3.63) is 63.6 Å². The van der Waals surface area contributed by atoms with E-state index in [1.54, 1.807) is 6.07 Å². The highest BCUT2D eigenvalue weighted by Gasteiger charge is 2.14. The molecule has 1 amide bonds. The minimum Gasteiger partial charge on any atom is -0.305 e. The van der Waals surface area contributed by atoms with E-state index in [2.05, 4.69) is 36.7 Å². The lowest BCUT2D eigenvalue weighted by atomic mass is 10.1. The van der Waals surface area contributed by atoms with Crippen LogP contribution in [0.3, 0.4) is 0 Å². The van der Waals surface area contributed by atoms with E-state index in [9.17, 15) is 4.79 Å². The smallest absolute Gasteiger partial charge is 0.250 e. The van der Waals surface area contributed by atoms with Gasteiger partial charge < -0.3 is 4.57 Å². The zero-order valence-electron chi connectivity index (χ0n) is 15.2. The second kappa shape index (κ2) is 9.36. The molecule has 3 aromatic rings. The van der Waals surface area contributed by atoms with Crippen molar-refractivity contribution in [2.75, 3.05) is 5.75 Å². The lowest BCUT2D eigenvalue weighted by Gasteiger charge is -2.05. The minimum atomic E-state index is -0.219. The first-order valence-electron chi connectivity index (χ1n) is 8.32. The molecule has 0 aliphatic rings. The van der Waals surface area contributed by atoms with Crippen molar-refractivity contribution in [3.8, 4) is 11.4 Å². The number of aromatic nitrogens is 3. The summed E-state index contributed by atoms with van der Waals surface area (Å²) in [5.74, 6) is 0.604. The molecular weight excluding hydrogens is 462 g/mol. The molecule has 0 saturated carbocycles. The number of hydrogen-bond donors (Lipinski definition) is 1. The number of carbonyl (C=O) groups is 1. The highest BCUT2D eigenvalue weighted by molar-refractivity contribution is 9.10. The first-order valence-corrected chi connectivity index (χ1v) is 10.5. The number of benzene rings is 2. The number of nitrogens with one attached hydrogen (secondary N) is 1. The minimum absolute atomic E-state index is 0.172. The largest absolute Gasteiger partial charge is 0.305 e. The van der Waals surface area contributed by atoms with E-state index in [4.69, 9.17) is 11.6 Å². The monoisotopic (exact) mass is 477 g/mol. The molecule has 0 saturated heterocycles. The van der Waals surface area contributed by atoms with Crippen LogP contribution in [0.5, 0.6) is 0 Å². The molecule has 0 aliphatic heterocycles. The predicted octanol–water partition coefficient (Wildman–Crippen LogP) is 4.53. The highest BCUT2D eigenvalue weighted by atomic mass is 79.9. The van der Waals surface area contributed by atoms with E-state index in [-0.39, 0.29) is 11.7 Å². The summed E-state index contributed by atoms with van der Waals surface area (Å²) in [5.41, 5.74) is 5.03. The normalized spacial score (nSPS) is 11.5. The molecule has 6 nitrogen and oxygen atoms in total. The quantitative estimate of drug-likeness (QED) is 0.321. The average molecular weight is 479 g/mol. The van der Waals surface area contributed by atoms with Crippen molar-refractivity contribution in [1.82, 2.24) is 20.2 Å². The molecule has 144 valence electrons. The Labute approximate surface area is 180 Å². The van der Waals surface area contributed by atoms with E-state index < -0.39 is 0 Å². The van der Waals surface area contributed by atoms with Crippen LogP contribution in [0, 0.1) is 0 Å². The molecule has 28 heavy (non-hydrogen) atoms. The number of hydrazone groups is 1.